The molecule has 0 spiro atoms. The lowest BCUT2D eigenvalue weighted by molar-refractivity contribution is 0.0702. The number of aryl methyl sites for hydroxylation is 1. The summed E-state index contributed by atoms with van der Waals surface area (Å²) in [5.74, 6) is -0.816. The summed E-state index contributed by atoms with van der Waals surface area (Å²) in [6, 6.07) is 2.45. The summed E-state index contributed by atoms with van der Waals surface area (Å²) in [6.07, 6.45) is 2.42. The van der Waals surface area contributed by atoms with Crippen molar-refractivity contribution in [3.63, 3.8) is 0 Å². The molecule has 4 nitrogen and oxygen atoms in total. The highest BCUT2D eigenvalue weighted by Crippen LogP contribution is 2.24. The molecule has 0 aliphatic carbocycles. The third-order valence-corrected chi connectivity index (χ3v) is 5.36. The van der Waals surface area contributed by atoms with Gasteiger partial charge in [-0.15, -0.1) is 11.3 Å². The zero-order chi connectivity index (χ0) is 14.7. The molecule has 1 saturated heterocycles. The molecular formula is C15H24N2O2S. The predicted molar refractivity (Wildman–Crippen MR) is 82.6 cm³/mol. The van der Waals surface area contributed by atoms with Gasteiger partial charge in [-0.05, 0) is 58.1 Å². The highest BCUT2D eigenvalue weighted by atomic mass is 32.1. The zero-order valence-corrected chi connectivity index (χ0v) is 13.4. The molecule has 5 heteroatoms. The molecule has 0 atom stereocenters. The van der Waals surface area contributed by atoms with Crippen molar-refractivity contribution in [1.29, 1.82) is 0 Å². The molecule has 1 aliphatic rings. The second-order valence-electron chi connectivity index (χ2n) is 5.58. The van der Waals surface area contributed by atoms with Crippen molar-refractivity contribution in [2.24, 2.45) is 0 Å². The van der Waals surface area contributed by atoms with Crippen LogP contribution in [0.3, 0.4) is 0 Å². The maximum atomic E-state index is 11.0. The number of carbonyl (C=O) groups is 1. The van der Waals surface area contributed by atoms with Crippen LogP contribution in [-0.4, -0.2) is 53.6 Å². The first-order valence-corrected chi connectivity index (χ1v) is 8.08. The molecule has 1 N–H and O–H groups in total. The molecule has 0 unspecified atom stereocenters. The highest BCUT2D eigenvalue weighted by molar-refractivity contribution is 7.14. The minimum atomic E-state index is -0.816. The van der Waals surface area contributed by atoms with Gasteiger partial charge < -0.3 is 10.0 Å². The lowest BCUT2D eigenvalue weighted by atomic mass is 10.0. The van der Waals surface area contributed by atoms with Crippen molar-refractivity contribution in [3.8, 4) is 0 Å². The van der Waals surface area contributed by atoms with Gasteiger partial charge in [-0.2, -0.15) is 0 Å². The van der Waals surface area contributed by atoms with Crippen LogP contribution in [0.15, 0.2) is 6.07 Å². The molecule has 0 amide bonds. The molecule has 0 saturated carbocycles. The molecule has 112 valence electrons. The standard InChI is InChI=1S/C15H24N2O2S/c1-4-17-7-5-13(6-8-17)16(3)10-12-9-14(15(18)19)20-11(12)2/h9,13H,4-8,10H2,1-3H3,(H,18,19). The Hall–Kier alpha value is -0.910. The lowest BCUT2D eigenvalue weighted by Crippen LogP contribution is -2.42. The third-order valence-electron chi connectivity index (χ3n) is 4.28. The van der Waals surface area contributed by atoms with Crippen molar-refractivity contribution in [3.05, 3.63) is 21.4 Å². The molecule has 2 heterocycles. The van der Waals surface area contributed by atoms with Crippen LogP contribution in [0.2, 0.25) is 0 Å². The van der Waals surface area contributed by atoms with E-state index in [1.165, 1.54) is 37.3 Å². The van der Waals surface area contributed by atoms with E-state index in [-0.39, 0.29) is 0 Å². The van der Waals surface area contributed by atoms with E-state index in [2.05, 4.69) is 23.8 Å². The molecule has 1 fully saturated rings. The predicted octanol–water partition coefficient (Wildman–Crippen LogP) is 2.67. The van der Waals surface area contributed by atoms with E-state index in [4.69, 9.17) is 5.11 Å². The fourth-order valence-electron chi connectivity index (χ4n) is 2.86. The largest absolute Gasteiger partial charge is 0.477 e. The smallest absolute Gasteiger partial charge is 0.345 e. The normalized spacial score (nSPS) is 17.8. The summed E-state index contributed by atoms with van der Waals surface area (Å²) in [7, 11) is 2.16. The van der Waals surface area contributed by atoms with Crippen LogP contribution in [0.1, 0.15) is 39.9 Å². The van der Waals surface area contributed by atoms with Gasteiger partial charge in [0, 0.05) is 17.5 Å². The fraction of sp³-hybridized carbons (Fsp3) is 0.667. The lowest BCUT2D eigenvalue weighted by Gasteiger charge is -2.36. The summed E-state index contributed by atoms with van der Waals surface area (Å²) >= 11 is 1.38. The number of thiophene rings is 1. The monoisotopic (exact) mass is 296 g/mol. The molecular weight excluding hydrogens is 272 g/mol. The number of aromatic carboxylic acids is 1. The Kier molecular flexibility index (Phi) is 5.18. The van der Waals surface area contributed by atoms with Gasteiger partial charge in [0.05, 0.1) is 0 Å². The van der Waals surface area contributed by atoms with E-state index < -0.39 is 5.97 Å². The topological polar surface area (TPSA) is 43.8 Å². The molecule has 0 radical (unpaired) electrons. The number of carboxylic acid groups (broad SMARTS) is 1. The minimum absolute atomic E-state index is 0.451. The van der Waals surface area contributed by atoms with Crippen LogP contribution in [0, 0.1) is 6.92 Å². The number of rotatable bonds is 5. The molecule has 1 aromatic heterocycles. The van der Waals surface area contributed by atoms with E-state index in [1.54, 1.807) is 0 Å². The van der Waals surface area contributed by atoms with Crippen molar-refractivity contribution in [1.82, 2.24) is 9.80 Å². The minimum Gasteiger partial charge on any atom is -0.477 e. The first-order chi connectivity index (χ1) is 9.51. The SMILES string of the molecule is CCN1CCC(N(C)Cc2cc(C(=O)O)sc2C)CC1. The summed E-state index contributed by atoms with van der Waals surface area (Å²) < 4.78 is 0. The Balaban J connectivity index is 1.94. The van der Waals surface area contributed by atoms with Gasteiger partial charge in [-0.1, -0.05) is 6.92 Å². The van der Waals surface area contributed by atoms with Gasteiger partial charge in [0.1, 0.15) is 4.88 Å². The van der Waals surface area contributed by atoms with E-state index in [1.807, 2.05) is 13.0 Å². The van der Waals surface area contributed by atoms with Crippen molar-refractivity contribution >= 4 is 17.3 Å². The van der Waals surface area contributed by atoms with E-state index in [9.17, 15) is 4.79 Å². The molecule has 20 heavy (non-hydrogen) atoms. The van der Waals surface area contributed by atoms with E-state index in [0.29, 0.717) is 10.9 Å². The Labute approximate surface area is 125 Å². The van der Waals surface area contributed by atoms with Gasteiger partial charge in [-0.3, -0.25) is 4.90 Å². The van der Waals surface area contributed by atoms with Crippen LogP contribution in [0.25, 0.3) is 0 Å². The Bertz CT molecular complexity index is 464. The summed E-state index contributed by atoms with van der Waals surface area (Å²) in [5, 5.41) is 9.05. The van der Waals surface area contributed by atoms with Crippen LogP contribution < -0.4 is 0 Å². The maximum Gasteiger partial charge on any atom is 0.345 e. The van der Waals surface area contributed by atoms with Crippen LogP contribution in [-0.2, 0) is 6.54 Å². The first kappa shape index (κ1) is 15.5. The van der Waals surface area contributed by atoms with Crippen LogP contribution in [0.5, 0.6) is 0 Å². The molecule has 1 aliphatic heterocycles. The average molecular weight is 296 g/mol. The van der Waals surface area contributed by atoms with Crippen molar-refractivity contribution in [2.75, 3.05) is 26.7 Å². The quantitative estimate of drug-likeness (QED) is 0.907. The van der Waals surface area contributed by atoms with Gasteiger partial charge >= 0.3 is 5.97 Å². The zero-order valence-electron chi connectivity index (χ0n) is 12.6. The van der Waals surface area contributed by atoms with Crippen LogP contribution >= 0.6 is 11.3 Å². The number of hydrogen-bond acceptors (Lipinski definition) is 4. The molecule has 0 bridgehead atoms. The van der Waals surface area contributed by atoms with E-state index >= 15 is 0 Å². The third kappa shape index (κ3) is 3.59. The highest BCUT2D eigenvalue weighted by Gasteiger charge is 2.22. The Morgan fingerprint density at radius 1 is 1.50 bits per heavy atom. The van der Waals surface area contributed by atoms with Gasteiger partial charge in [0.2, 0.25) is 0 Å². The molecule has 0 aromatic carbocycles. The summed E-state index contributed by atoms with van der Waals surface area (Å²) in [5.41, 5.74) is 1.16. The number of piperidine rings is 1. The number of likely N-dealkylation sites (tertiary alicyclic amines) is 1. The maximum absolute atomic E-state index is 11.0. The summed E-state index contributed by atoms with van der Waals surface area (Å²) in [6.45, 7) is 8.57. The van der Waals surface area contributed by atoms with Crippen LogP contribution in [0.4, 0.5) is 0 Å². The number of carboxylic acids is 1. The van der Waals surface area contributed by atoms with E-state index in [0.717, 1.165) is 23.5 Å². The van der Waals surface area contributed by atoms with Gasteiger partial charge in [-0.25, -0.2) is 4.79 Å². The number of hydrogen-bond donors (Lipinski definition) is 1. The van der Waals surface area contributed by atoms with Gasteiger partial charge in [0.25, 0.3) is 0 Å². The second-order valence-corrected chi connectivity index (χ2v) is 6.83. The average Bonchev–Trinajstić information content (AvgIpc) is 2.80. The summed E-state index contributed by atoms with van der Waals surface area (Å²) in [4.78, 5) is 17.5. The Morgan fingerprint density at radius 3 is 2.65 bits per heavy atom. The fourth-order valence-corrected chi connectivity index (χ4v) is 3.73. The van der Waals surface area contributed by atoms with Crippen molar-refractivity contribution < 1.29 is 9.90 Å². The van der Waals surface area contributed by atoms with Crippen molar-refractivity contribution in [2.45, 2.75) is 39.3 Å². The first-order valence-electron chi connectivity index (χ1n) is 7.26. The second kappa shape index (κ2) is 6.70. The number of nitrogens with zero attached hydrogens (tertiary/aromatic N) is 2. The van der Waals surface area contributed by atoms with Gasteiger partial charge in [0.15, 0.2) is 0 Å². The molecule has 1 aromatic rings. The Morgan fingerprint density at radius 2 is 2.15 bits per heavy atom. The molecule has 2 rings (SSSR count).